The van der Waals surface area contributed by atoms with Gasteiger partial charge in [0.1, 0.15) is 6.33 Å². The van der Waals surface area contributed by atoms with Gasteiger partial charge in [0.05, 0.1) is 10.8 Å². The summed E-state index contributed by atoms with van der Waals surface area (Å²) in [5.41, 5.74) is 3.75. The number of hydrazine groups is 1. The van der Waals surface area contributed by atoms with Crippen LogP contribution in [-0.2, 0) is 16.6 Å². The Morgan fingerprint density at radius 2 is 1.28 bits per heavy atom. The van der Waals surface area contributed by atoms with E-state index >= 15 is 0 Å². The van der Waals surface area contributed by atoms with Crippen LogP contribution in [0.5, 0.6) is 0 Å². The third kappa shape index (κ3) is 9.41. The fourth-order valence-corrected chi connectivity index (χ4v) is 4.62. The fourth-order valence-electron chi connectivity index (χ4n) is 4.07. The monoisotopic (exact) mass is 720 g/mol. The minimum atomic E-state index is -3.11. The number of isothiocyanates is 1. The molecule has 0 aliphatic rings. The average molecular weight is 722 g/mol. The smallest absolute Gasteiger partial charge is 0.297 e. The van der Waals surface area contributed by atoms with Crippen molar-refractivity contribution in [2.24, 2.45) is 10.8 Å². The number of carbonyl (C=O) groups is 1. The van der Waals surface area contributed by atoms with Crippen LogP contribution in [0.1, 0.15) is 33.4 Å². The molecule has 0 bridgehead atoms. The van der Waals surface area contributed by atoms with Gasteiger partial charge in [-0.05, 0) is 97.9 Å². The Morgan fingerprint density at radius 3 is 1.64 bits per heavy atom. The van der Waals surface area contributed by atoms with E-state index in [1.807, 2.05) is 0 Å². The van der Waals surface area contributed by atoms with Crippen LogP contribution in [0.2, 0.25) is 10.0 Å². The van der Waals surface area contributed by atoms with Gasteiger partial charge in [0.25, 0.3) is 11.8 Å². The molecule has 5 aromatic rings. The number of aromatic amines is 1. The van der Waals surface area contributed by atoms with E-state index in [0.29, 0.717) is 43.7 Å². The van der Waals surface area contributed by atoms with Crippen molar-refractivity contribution >= 4 is 64.9 Å². The summed E-state index contributed by atoms with van der Waals surface area (Å²) in [7, 11) is 0. The van der Waals surface area contributed by atoms with E-state index in [-0.39, 0.29) is 22.3 Å². The lowest BCUT2D eigenvalue weighted by Crippen LogP contribution is -2.18. The van der Waals surface area contributed by atoms with E-state index in [2.05, 4.69) is 38.4 Å². The van der Waals surface area contributed by atoms with Crippen LogP contribution in [0, 0.1) is 18.6 Å². The third-order valence-electron chi connectivity index (χ3n) is 6.57. The highest BCUT2D eigenvalue weighted by molar-refractivity contribution is 7.78. The van der Waals surface area contributed by atoms with Crippen molar-refractivity contribution in [1.29, 1.82) is 0 Å². The molecule has 5 rings (SSSR count). The lowest BCUT2D eigenvalue weighted by atomic mass is 9.98. The van der Waals surface area contributed by atoms with Gasteiger partial charge in [0, 0.05) is 38.0 Å². The van der Waals surface area contributed by atoms with Crippen molar-refractivity contribution in [3.63, 3.8) is 0 Å². The first kappa shape index (κ1) is 37.2. The molecule has 0 radical (unpaired) electrons. The number of halogens is 6. The van der Waals surface area contributed by atoms with E-state index in [0.717, 1.165) is 0 Å². The number of benzene rings is 4. The molecule has 0 fully saturated rings. The van der Waals surface area contributed by atoms with Crippen LogP contribution in [-0.4, -0.2) is 26.3 Å². The maximum absolute atomic E-state index is 14.7. The SMILES string of the molecule is Cc1cc(C(F)(F)c2ccc(-n3cn[nH]c3=S)cc2)ccc1Cl.Cc1cc(C(F)(F)c2ccc(N=C=S)cc2)ccc1Cl.NNC=O. The van der Waals surface area contributed by atoms with Crippen molar-refractivity contribution in [2.45, 2.75) is 25.7 Å². The molecule has 0 saturated carbocycles. The van der Waals surface area contributed by atoms with Gasteiger partial charge in [-0.3, -0.25) is 19.9 Å². The number of nitrogens with one attached hydrogen (secondary N) is 2. The Hall–Kier alpha value is -4.23. The number of nitrogens with two attached hydrogens (primary N) is 1. The van der Waals surface area contributed by atoms with Crippen molar-refractivity contribution < 1.29 is 22.4 Å². The number of aryl methyl sites for hydroxylation is 2. The Morgan fingerprint density at radius 1 is 0.851 bits per heavy atom. The molecule has 15 heteroatoms. The Kier molecular flexibility index (Phi) is 13.1. The minimum absolute atomic E-state index is 0.0907. The molecule has 4 aromatic carbocycles. The summed E-state index contributed by atoms with van der Waals surface area (Å²) >= 11 is 21.3. The van der Waals surface area contributed by atoms with Crippen LogP contribution in [0.4, 0.5) is 23.2 Å². The fraction of sp³-hybridized carbons (Fsp3) is 0.125. The predicted molar refractivity (Wildman–Crippen MR) is 182 cm³/mol. The molecule has 4 N–H and O–H groups in total. The number of hydrogen-bond donors (Lipinski definition) is 3. The van der Waals surface area contributed by atoms with Crippen molar-refractivity contribution in [3.05, 3.63) is 139 Å². The van der Waals surface area contributed by atoms with E-state index in [9.17, 15) is 17.6 Å². The molecule has 0 aliphatic heterocycles. The topological polar surface area (TPSA) is 101 Å². The normalized spacial score (nSPS) is 10.8. The number of carbonyl (C=O) groups excluding carboxylic acids is 1. The maximum Gasteiger partial charge on any atom is 0.298 e. The van der Waals surface area contributed by atoms with Crippen LogP contribution >= 0.6 is 47.6 Å². The van der Waals surface area contributed by atoms with Gasteiger partial charge < -0.3 is 0 Å². The predicted octanol–water partition coefficient (Wildman–Crippen LogP) is 9.16. The minimum Gasteiger partial charge on any atom is -0.297 e. The molecule has 7 nitrogen and oxygen atoms in total. The molecule has 1 aromatic heterocycles. The molecular weight excluding hydrogens is 695 g/mol. The summed E-state index contributed by atoms with van der Waals surface area (Å²) in [4.78, 5) is 12.7. The van der Waals surface area contributed by atoms with Gasteiger partial charge in [-0.25, -0.2) is 5.84 Å². The summed E-state index contributed by atoms with van der Waals surface area (Å²) in [5, 5.41) is 9.55. The zero-order chi connectivity index (χ0) is 34.8. The Labute approximate surface area is 288 Å². The molecule has 244 valence electrons. The zero-order valence-corrected chi connectivity index (χ0v) is 27.8. The molecule has 0 atom stereocenters. The first-order valence-corrected chi connectivity index (χ1v) is 14.9. The number of aliphatic imine (C=N–C) groups is 1. The largest absolute Gasteiger partial charge is 0.298 e. The van der Waals surface area contributed by atoms with Crippen molar-refractivity contribution in [1.82, 2.24) is 20.2 Å². The number of amides is 1. The number of rotatable bonds is 7. The van der Waals surface area contributed by atoms with E-state index in [1.54, 1.807) is 36.0 Å². The van der Waals surface area contributed by atoms with Gasteiger partial charge >= 0.3 is 0 Å². The Balaban J connectivity index is 0.000000231. The first-order valence-electron chi connectivity index (χ1n) is 13.4. The van der Waals surface area contributed by atoms with Gasteiger partial charge in [-0.15, -0.1) is 0 Å². The van der Waals surface area contributed by atoms with Crippen LogP contribution < -0.4 is 11.3 Å². The molecule has 0 spiro atoms. The second-order valence-electron chi connectivity index (χ2n) is 9.69. The first-order chi connectivity index (χ1) is 22.3. The molecule has 47 heavy (non-hydrogen) atoms. The maximum atomic E-state index is 14.7. The molecule has 0 unspecified atom stereocenters. The summed E-state index contributed by atoms with van der Waals surface area (Å²) in [6.45, 7) is 3.39. The lowest BCUT2D eigenvalue weighted by molar-refractivity contribution is -0.109. The highest BCUT2D eigenvalue weighted by atomic mass is 35.5. The van der Waals surface area contributed by atoms with Crippen LogP contribution in [0.25, 0.3) is 5.69 Å². The number of aromatic nitrogens is 3. The van der Waals surface area contributed by atoms with Crippen LogP contribution in [0.15, 0.2) is 96.2 Å². The zero-order valence-electron chi connectivity index (χ0n) is 24.6. The summed E-state index contributed by atoms with van der Waals surface area (Å²) in [6, 6.07) is 20.0. The van der Waals surface area contributed by atoms with Gasteiger partial charge in [-0.2, -0.15) is 27.7 Å². The summed E-state index contributed by atoms with van der Waals surface area (Å²) in [5.74, 6) is -1.78. The van der Waals surface area contributed by atoms with Gasteiger partial charge in [0.15, 0.2) is 4.77 Å². The number of nitrogens with zero attached hydrogens (tertiary/aromatic N) is 3. The number of thiocarbonyl (C=S) groups is 1. The van der Waals surface area contributed by atoms with E-state index in [1.165, 1.54) is 79.1 Å². The van der Waals surface area contributed by atoms with Crippen molar-refractivity contribution in [2.75, 3.05) is 0 Å². The molecule has 0 aliphatic carbocycles. The van der Waals surface area contributed by atoms with Crippen LogP contribution in [0.3, 0.4) is 0 Å². The second-order valence-corrected chi connectivity index (χ2v) is 11.1. The number of H-pyrrole nitrogens is 1. The highest BCUT2D eigenvalue weighted by Crippen LogP contribution is 2.38. The Bertz CT molecular complexity index is 1930. The van der Waals surface area contributed by atoms with Gasteiger partial charge in [0.2, 0.25) is 6.41 Å². The molecule has 1 heterocycles. The highest BCUT2D eigenvalue weighted by Gasteiger charge is 2.35. The molecule has 0 saturated heterocycles. The van der Waals surface area contributed by atoms with Crippen molar-refractivity contribution in [3.8, 4) is 5.69 Å². The lowest BCUT2D eigenvalue weighted by Gasteiger charge is -2.18. The third-order valence-corrected chi connectivity index (χ3v) is 7.80. The number of alkyl halides is 4. The average Bonchev–Trinajstić information content (AvgIpc) is 3.50. The number of hydrogen-bond acceptors (Lipinski definition) is 6. The molecule has 1 amide bonds. The second kappa shape index (κ2) is 16.6. The van der Waals surface area contributed by atoms with E-state index < -0.39 is 11.8 Å². The summed E-state index contributed by atoms with van der Waals surface area (Å²) in [6.07, 6.45) is 1.90. The standard InChI is InChI=1S/C16H12ClF2N3S.C15H10ClF2NS.CH4N2O/c1-10-8-12(4-7-14(10)17)16(18,19)11-2-5-13(6-3-11)22-9-20-21-15(22)23;1-10-8-12(4-7-14(10)16)15(17,18)11-2-5-13(6-3-11)19-9-20;2-3-1-4/h2-9H,1H3,(H,21,23);2-8H,1H3;1H,2H2,(H,3,4). The molecular formula is C32H26Cl2F4N6OS2. The van der Waals surface area contributed by atoms with Gasteiger partial charge in [-0.1, -0.05) is 59.6 Å². The summed E-state index contributed by atoms with van der Waals surface area (Å²) < 4.78 is 60.1. The quantitative estimate of drug-likeness (QED) is 0.0296. The van der Waals surface area contributed by atoms with E-state index in [4.69, 9.17) is 40.2 Å².